The summed E-state index contributed by atoms with van der Waals surface area (Å²) < 4.78 is 15.2. The molecule has 0 spiro atoms. The van der Waals surface area contributed by atoms with Crippen LogP contribution in [0.4, 0.5) is 5.69 Å². The van der Waals surface area contributed by atoms with Crippen molar-refractivity contribution in [3.63, 3.8) is 0 Å². The Hall–Kier alpha value is -4.01. The molecule has 0 aliphatic carbocycles. The number of methoxy groups -OCH3 is 1. The number of carbonyl (C=O) groups is 2. The summed E-state index contributed by atoms with van der Waals surface area (Å²) >= 11 is 0. The van der Waals surface area contributed by atoms with Crippen molar-refractivity contribution >= 4 is 28.5 Å². The first-order valence-electron chi connectivity index (χ1n) is 8.90. The number of aryl methyl sites for hydroxylation is 1. The Labute approximate surface area is 171 Å². The molecule has 0 bridgehead atoms. The van der Waals surface area contributed by atoms with Crippen molar-refractivity contribution in [2.45, 2.75) is 13.5 Å². The van der Waals surface area contributed by atoms with Crippen LogP contribution in [0, 0.1) is 17.0 Å². The monoisotopic (exact) mass is 410 g/mol. The molecular weight excluding hydrogens is 392 g/mol. The quantitative estimate of drug-likeness (QED) is 0.331. The molecule has 1 aromatic heterocycles. The number of nitro benzene ring substituents is 1. The standard InChI is InChI=1S/C21H18N2O7/c1-13-14-7-3-4-8-15(14)22-16(20(13)21(25)28-2)11-30-19(24)12-29-18-10-6-5-9-17(18)23(26)27/h3-10H,11-12H2,1-2H3. The van der Waals surface area contributed by atoms with Crippen LogP contribution in [-0.2, 0) is 20.9 Å². The molecule has 0 fully saturated rings. The zero-order valence-electron chi connectivity index (χ0n) is 16.3. The minimum atomic E-state index is -0.767. The number of nitrogens with zero attached hydrogens (tertiary/aromatic N) is 2. The van der Waals surface area contributed by atoms with Crippen LogP contribution in [0.25, 0.3) is 10.9 Å². The highest BCUT2D eigenvalue weighted by Crippen LogP contribution is 2.26. The Morgan fingerprint density at radius 1 is 1.10 bits per heavy atom. The number of benzene rings is 2. The lowest BCUT2D eigenvalue weighted by atomic mass is 10.0. The lowest BCUT2D eigenvalue weighted by Gasteiger charge is -2.13. The minimum Gasteiger partial charge on any atom is -0.475 e. The molecule has 0 N–H and O–H groups in total. The molecule has 9 nitrogen and oxygen atoms in total. The van der Waals surface area contributed by atoms with E-state index in [4.69, 9.17) is 14.2 Å². The highest BCUT2D eigenvalue weighted by molar-refractivity contribution is 5.98. The summed E-state index contributed by atoms with van der Waals surface area (Å²) in [6, 6.07) is 13.0. The van der Waals surface area contributed by atoms with Gasteiger partial charge in [-0.15, -0.1) is 0 Å². The number of pyridine rings is 1. The molecule has 0 unspecified atom stereocenters. The summed E-state index contributed by atoms with van der Waals surface area (Å²) in [6.45, 7) is 0.944. The molecule has 0 atom stereocenters. The van der Waals surface area contributed by atoms with Crippen LogP contribution in [0.3, 0.4) is 0 Å². The number of ether oxygens (including phenoxy) is 3. The van der Waals surface area contributed by atoms with Gasteiger partial charge in [0.05, 0.1) is 28.8 Å². The third kappa shape index (κ3) is 4.35. The molecule has 0 aliphatic rings. The van der Waals surface area contributed by atoms with E-state index in [0.29, 0.717) is 11.1 Å². The second kappa shape index (κ2) is 8.99. The van der Waals surface area contributed by atoms with E-state index in [0.717, 1.165) is 5.39 Å². The van der Waals surface area contributed by atoms with Gasteiger partial charge in [0.25, 0.3) is 0 Å². The molecule has 30 heavy (non-hydrogen) atoms. The van der Waals surface area contributed by atoms with Crippen molar-refractivity contribution in [2.24, 2.45) is 0 Å². The lowest BCUT2D eigenvalue weighted by molar-refractivity contribution is -0.385. The van der Waals surface area contributed by atoms with Crippen molar-refractivity contribution in [1.29, 1.82) is 0 Å². The van der Waals surface area contributed by atoms with Crippen LogP contribution < -0.4 is 4.74 Å². The van der Waals surface area contributed by atoms with Gasteiger partial charge in [0, 0.05) is 11.5 Å². The summed E-state index contributed by atoms with van der Waals surface area (Å²) in [7, 11) is 1.26. The third-order valence-electron chi connectivity index (χ3n) is 4.39. The number of para-hydroxylation sites is 3. The van der Waals surface area contributed by atoms with Gasteiger partial charge in [-0.05, 0) is 24.6 Å². The van der Waals surface area contributed by atoms with Crippen LogP contribution in [0.2, 0.25) is 0 Å². The fourth-order valence-electron chi connectivity index (χ4n) is 2.98. The fraction of sp³-hybridized carbons (Fsp3) is 0.190. The van der Waals surface area contributed by atoms with Crippen molar-refractivity contribution in [3.05, 3.63) is 75.5 Å². The first kappa shape index (κ1) is 20.7. The molecular formula is C21H18N2O7. The maximum absolute atomic E-state index is 12.3. The van der Waals surface area contributed by atoms with Gasteiger partial charge >= 0.3 is 17.6 Å². The first-order valence-corrected chi connectivity index (χ1v) is 8.90. The average Bonchev–Trinajstić information content (AvgIpc) is 2.76. The topological polar surface area (TPSA) is 118 Å². The van der Waals surface area contributed by atoms with Gasteiger partial charge < -0.3 is 14.2 Å². The van der Waals surface area contributed by atoms with Crippen LogP contribution in [0.15, 0.2) is 48.5 Å². The summed E-state index contributed by atoms with van der Waals surface area (Å²) in [6.07, 6.45) is 0. The number of aromatic nitrogens is 1. The molecule has 154 valence electrons. The third-order valence-corrected chi connectivity index (χ3v) is 4.39. The molecule has 0 aliphatic heterocycles. The smallest absolute Gasteiger partial charge is 0.344 e. The van der Waals surface area contributed by atoms with E-state index in [-0.39, 0.29) is 29.3 Å². The molecule has 2 aromatic carbocycles. The Bertz CT molecular complexity index is 1130. The van der Waals surface area contributed by atoms with E-state index >= 15 is 0 Å². The predicted molar refractivity (Wildman–Crippen MR) is 106 cm³/mol. The van der Waals surface area contributed by atoms with Gasteiger partial charge in [-0.2, -0.15) is 0 Å². The van der Waals surface area contributed by atoms with Gasteiger partial charge in [0.15, 0.2) is 12.4 Å². The SMILES string of the molecule is COC(=O)c1c(COC(=O)COc2ccccc2[N+](=O)[O-])nc2ccccc2c1C. The molecule has 0 radical (unpaired) electrons. The number of esters is 2. The molecule has 3 rings (SSSR count). The number of fused-ring (bicyclic) bond motifs is 1. The summed E-state index contributed by atoms with van der Waals surface area (Å²) in [5, 5.41) is 11.8. The number of hydrogen-bond donors (Lipinski definition) is 0. The van der Waals surface area contributed by atoms with Gasteiger partial charge in [0.2, 0.25) is 0 Å². The highest BCUT2D eigenvalue weighted by Gasteiger charge is 2.21. The molecule has 3 aromatic rings. The Balaban J connectivity index is 1.76. The minimum absolute atomic E-state index is 0.0469. The maximum atomic E-state index is 12.3. The molecule has 0 saturated carbocycles. The van der Waals surface area contributed by atoms with E-state index in [9.17, 15) is 19.7 Å². The largest absolute Gasteiger partial charge is 0.475 e. The Morgan fingerprint density at radius 2 is 1.80 bits per heavy atom. The van der Waals surface area contributed by atoms with E-state index in [1.165, 1.54) is 25.3 Å². The normalized spacial score (nSPS) is 10.5. The lowest BCUT2D eigenvalue weighted by Crippen LogP contribution is -2.18. The van der Waals surface area contributed by atoms with Gasteiger partial charge in [0.1, 0.15) is 6.61 Å². The van der Waals surface area contributed by atoms with E-state index in [1.54, 1.807) is 19.1 Å². The average molecular weight is 410 g/mol. The number of rotatable bonds is 7. The summed E-state index contributed by atoms with van der Waals surface area (Å²) in [5.74, 6) is -1.40. The van der Waals surface area contributed by atoms with Gasteiger partial charge in [-0.1, -0.05) is 30.3 Å². The van der Waals surface area contributed by atoms with Crippen LogP contribution in [-0.4, -0.2) is 35.6 Å². The maximum Gasteiger partial charge on any atom is 0.344 e. The highest BCUT2D eigenvalue weighted by atomic mass is 16.6. The Kier molecular flexibility index (Phi) is 6.21. The predicted octanol–water partition coefficient (Wildman–Crippen LogP) is 3.36. The number of nitro groups is 1. The van der Waals surface area contributed by atoms with Crippen LogP contribution >= 0.6 is 0 Å². The van der Waals surface area contributed by atoms with Crippen LogP contribution in [0.5, 0.6) is 5.75 Å². The zero-order chi connectivity index (χ0) is 21.7. The first-order chi connectivity index (χ1) is 14.4. The molecule has 0 saturated heterocycles. The van der Waals surface area contributed by atoms with Gasteiger partial charge in [-0.3, -0.25) is 10.1 Å². The second-order valence-corrected chi connectivity index (χ2v) is 6.24. The second-order valence-electron chi connectivity index (χ2n) is 6.24. The van der Waals surface area contributed by atoms with Crippen molar-refractivity contribution < 1.29 is 28.7 Å². The van der Waals surface area contributed by atoms with E-state index in [1.807, 2.05) is 18.2 Å². The Morgan fingerprint density at radius 3 is 2.53 bits per heavy atom. The van der Waals surface area contributed by atoms with Gasteiger partial charge in [-0.25, -0.2) is 14.6 Å². The molecule has 9 heteroatoms. The van der Waals surface area contributed by atoms with Crippen molar-refractivity contribution in [3.8, 4) is 5.75 Å². The fourth-order valence-corrected chi connectivity index (χ4v) is 2.98. The van der Waals surface area contributed by atoms with Crippen molar-refractivity contribution in [2.75, 3.05) is 13.7 Å². The summed E-state index contributed by atoms with van der Waals surface area (Å²) in [4.78, 5) is 39.2. The summed E-state index contributed by atoms with van der Waals surface area (Å²) in [5.41, 5.74) is 1.52. The van der Waals surface area contributed by atoms with E-state index < -0.39 is 23.5 Å². The van der Waals surface area contributed by atoms with E-state index in [2.05, 4.69) is 4.98 Å². The molecule has 0 amide bonds. The number of carbonyl (C=O) groups excluding carboxylic acids is 2. The zero-order valence-corrected chi connectivity index (χ0v) is 16.3. The molecule has 1 heterocycles. The van der Waals surface area contributed by atoms with Crippen LogP contribution in [0.1, 0.15) is 21.6 Å². The van der Waals surface area contributed by atoms with Crippen molar-refractivity contribution in [1.82, 2.24) is 4.98 Å². The number of hydrogen-bond acceptors (Lipinski definition) is 8.